The van der Waals surface area contributed by atoms with Crippen LogP contribution >= 0.6 is 11.3 Å². The van der Waals surface area contributed by atoms with E-state index in [9.17, 15) is 0 Å². The molecule has 0 radical (unpaired) electrons. The van der Waals surface area contributed by atoms with Crippen LogP contribution in [0.3, 0.4) is 0 Å². The minimum Gasteiger partial charge on any atom is -0.355 e. The minimum atomic E-state index is -0.277. The highest BCUT2D eigenvalue weighted by Crippen LogP contribution is 2.58. The van der Waals surface area contributed by atoms with Crippen molar-refractivity contribution in [3.8, 4) is 39.1 Å². The predicted molar refractivity (Wildman–Crippen MR) is 288 cm³/mol. The van der Waals surface area contributed by atoms with Crippen molar-refractivity contribution in [3.05, 3.63) is 173 Å². The van der Waals surface area contributed by atoms with Gasteiger partial charge in [0.25, 0.3) is 0 Å². The minimum absolute atomic E-state index is 0.00911. The molecule has 10 aromatic rings. The Morgan fingerprint density at radius 3 is 1.94 bits per heavy atom. The van der Waals surface area contributed by atoms with Crippen LogP contribution in [0.5, 0.6) is 0 Å². The molecule has 0 fully saturated rings. The van der Waals surface area contributed by atoms with Crippen molar-refractivity contribution in [1.82, 2.24) is 4.57 Å². The Bertz CT molecular complexity index is 3770. The average molecular weight is 871 g/mol. The van der Waals surface area contributed by atoms with Gasteiger partial charge in [0, 0.05) is 69.9 Å². The Labute approximate surface area is 393 Å². The second-order valence-corrected chi connectivity index (χ2v) is 23.7. The molecule has 4 heteroatoms. The number of nitrogens with zero attached hydrogens (tertiary/aromatic N) is 1. The average Bonchev–Trinajstić information content (AvgIpc) is 3.96. The molecular formula is C62H55BN2S. The summed E-state index contributed by atoms with van der Waals surface area (Å²) >= 11 is 1.90. The largest absolute Gasteiger partial charge is 0.355 e. The van der Waals surface area contributed by atoms with Crippen LogP contribution in [0.25, 0.3) is 81.0 Å². The first kappa shape index (κ1) is 40.0. The number of nitrogens with one attached hydrogen (secondary N) is 1. The molecule has 13 rings (SSSR count). The second kappa shape index (κ2) is 13.2. The van der Waals surface area contributed by atoms with E-state index >= 15 is 0 Å². The lowest BCUT2D eigenvalue weighted by molar-refractivity contribution is 0.590. The van der Waals surface area contributed by atoms with Gasteiger partial charge in [-0.25, -0.2) is 0 Å². The topological polar surface area (TPSA) is 17.0 Å². The van der Waals surface area contributed by atoms with Crippen molar-refractivity contribution in [2.75, 3.05) is 5.32 Å². The summed E-state index contributed by atoms with van der Waals surface area (Å²) in [6.45, 7) is 23.7. The standard InChI is InChI=1S/C62H55BN2S/c1-59(2,3)34-23-26-36(27-24-34)64-48-33-52-41(38-18-13-16-22-51(38)66-52)30-42(48)55-56-53(39-19-12-15-21-45(39)62(56,9)10)54-43-29-35(60(4,5)6)25-28-49(43)65-50-32-46-40(31-47(50)63-57(55)58(54)65)37-17-11-14-20-44(37)61(46,7)8/h11-33,63-64H,1-10H3. The molecule has 1 aliphatic heterocycles. The smallest absolute Gasteiger partial charge is 0.198 e. The van der Waals surface area contributed by atoms with E-state index in [0.29, 0.717) is 0 Å². The van der Waals surface area contributed by atoms with Crippen LogP contribution in [0.4, 0.5) is 11.4 Å². The highest BCUT2D eigenvalue weighted by atomic mass is 32.1. The first-order valence-electron chi connectivity index (χ1n) is 23.9. The number of aromatic nitrogens is 1. The van der Waals surface area contributed by atoms with Gasteiger partial charge >= 0.3 is 0 Å². The van der Waals surface area contributed by atoms with E-state index < -0.39 is 0 Å². The summed E-state index contributed by atoms with van der Waals surface area (Å²) in [6.07, 6.45) is 0. The monoisotopic (exact) mass is 870 g/mol. The van der Waals surface area contributed by atoms with Gasteiger partial charge in [-0.2, -0.15) is 0 Å². The lowest BCUT2D eigenvalue weighted by Gasteiger charge is -2.31. The fourth-order valence-electron chi connectivity index (χ4n) is 12.4. The third-order valence-corrected chi connectivity index (χ3v) is 17.0. The number of fused-ring (bicyclic) bond motifs is 15. The molecule has 3 heterocycles. The number of anilines is 2. The fourth-order valence-corrected chi connectivity index (χ4v) is 13.5. The quantitative estimate of drug-likeness (QED) is 0.175. The molecular weight excluding hydrogens is 816 g/mol. The van der Waals surface area contributed by atoms with E-state index in [1.165, 1.54) is 125 Å². The van der Waals surface area contributed by atoms with Crippen LogP contribution in [0.2, 0.25) is 0 Å². The van der Waals surface area contributed by atoms with Gasteiger partial charge in [0.2, 0.25) is 0 Å². The van der Waals surface area contributed by atoms with Crippen LogP contribution in [-0.2, 0) is 21.7 Å². The molecule has 1 N–H and O–H groups in total. The van der Waals surface area contributed by atoms with Gasteiger partial charge in [0.05, 0.1) is 5.52 Å². The van der Waals surface area contributed by atoms with Crippen molar-refractivity contribution in [1.29, 1.82) is 0 Å². The molecule has 0 bridgehead atoms. The Balaban J connectivity index is 1.20. The first-order valence-corrected chi connectivity index (χ1v) is 24.7. The molecule has 2 aliphatic carbocycles. The fraction of sp³-hybridized carbons (Fsp3) is 0.226. The maximum Gasteiger partial charge on any atom is 0.198 e. The van der Waals surface area contributed by atoms with Crippen molar-refractivity contribution < 1.29 is 0 Å². The van der Waals surface area contributed by atoms with Gasteiger partial charge in [-0.15, -0.1) is 11.3 Å². The summed E-state index contributed by atoms with van der Waals surface area (Å²) in [5.74, 6) is 0. The molecule has 66 heavy (non-hydrogen) atoms. The zero-order valence-corrected chi connectivity index (χ0v) is 40.7. The lowest BCUT2D eigenvalue weighted by atomic mass is 9.56. The number of rotatable bonds is 3. The summed E-state index contributed by atoms with van der Waals surface area (Å²) in [4.78, 5) is 0. The van der Waals surface area contributed by atoms with Crippen LogP contribution in [-0.4, -0.2) is 11.8 Å². The number of hydrogen-bond acceptors (Lipinski definition) is 2. The molecule has 0 saturated heterocycles. The SMILES string of the molecule is CC(C)(C)c1ccc(Nc2cc3sc4ccccc4c3cc2-c2c3c(c4c5cc(C(C)(C)C)ccc5n5c4c2Bc2cc4c(cc2-5)C(C)(C)c2ccccc2-4)-c2ccccc2C3(C)C)cc1. The highest BCUT2D eigenvalue weighted by Gasteiger charge is 2.44. The molecule has 8 aromatic carbocycles. The molecule has 0 amide bonds. The van der Waals surface area contributed by atoms with Crippen molar-refractivity contribution in [3.63, 3.8) is 0 Å². The molecule has 0 unspecified atom stereocenters. The summed E-state index contributed by atoms with van der Waals surface area (Å²) < 4.78 is 5.31. The van der Waals surface area contributed by atoms with Gasteiger partial charge in [-0.3, -0.25) is 0 Å². The maximum absolute atomic E-state index is 4.08. The van der Waals surface area contributed by atoms with Gasteiger partial charge in [0.15, 0.2) is 7.28 Å². The zero-order chi connectivity index (χ0) is 45.4. The summed E-state index contributed by atoms with van der Waals surface area (Å²) in [6, 6.07) is 54.1. The normalized spacial score (nSPS) is 15.2. The van der Waals surface area contributed by atoms with Crippen LogP contribution in [0.1, 0.15) is 103 Å². The predicted octanol–water partition coefficient (Wildman–Crippen LogP) is 15.5. The van der Waals surface area contributed by atoms with Crippen LogP contribution in [0.15, 0.2) is 140 Å². The van der Waals surface area contributed by atoms with E-state index in [4.69, 9.17) is 0 Å². The molecule has 3 aliphatic rings. The van der Waals surface area contributed by atoms with Crippen LogP contribution < -0.4 is 16.2 Å². The lowest BCUT2D eigenvalue weighted by Crippen LogP contribution is -2.39. The van der Waals surface area contributed by atoms with Crippen LogP contribution in [0, 0.1) is 0 Å². The van der Waals surface area contributed by atoms with Gasteiger partial charge in [0.1, 0.15) is 0 Å². The van der Waals surface area contributed by atoms with E-state index in [1.807, 2.05) is 11.3 Å². The van der Waals surface area contributed by atoms with E-state index in [0.717, 1.165) is 18.7 Å². The van der Waals surface area contributed by atoms with E-state index in [2.05, 4.69) is 219 Å². The first-order chi connectivity index (χ1) is 31.5. The number of benzene rings is 8. The van der Waals surface area contributed by atoms with E-state index in [1.54, 1.807) is 0 Å². The third kappa shape index (κ3) is 5.37. The van der Waals surface area contributed by atoms with Crippen molar-refractivity contribution >= 4 is 82.9 Å². The number of hydrogen-bond donors (Lipinski definition) is 1. The molecule has 0 atom stereocenters. The zero-order valence-electron chi connectivity index (χ0n) is 39.8. The summed E-state index contributed by atoms with van der Waals surface area (Å²) in [7, 11) is 0.835. The van der Waals surface area contributed by atoms with Crippen molar-refractivity contribution in [2.24, 2.45) is 0 Å². The Hall–Kier alpha value is -6.36. The molecule has 0 spiro atoms. The highest BCUT2D eigenvalue weighted by molar-refractivity contribution is 7.25. The number of thiophene rings is 1. The maximum atomic E-state index is 4.08. The van der Waals surface area contributed by atoms with Gasteiger partial charge in [-0.05, 0) is 126 Å². The van der Waals surface area contributed by atoms with E-state index in [-0.39, 0.29) is 21.7 Å². The Morgan fingerprint density at radius 2 is 1.20 bits per heavy atom. The van der Waals surface area contributed by atoms with Gasteiger partial charge in [-0.1, -0.05) is 166 Å². The molecule has 0 saturated carbocycles. The molecule has 322 valence electrons. The van der Waals surface area contributed by atoms with Gasteiger partial charge < -0.3 is 9.88 Å². The summed E-state index contributed by atoms with van der Waals surface area (Å²) in [5.41, 5.74) is 25.2. The molecule has 2 aromatic heterocycles. The second-order valence-electron chi connectivity index (χ2n) is 22.6. The summed E-state index contributed by atoms with van der Waals surface area (Å²) in [5, 5.41) is 9.46. The third-order valence-electron chi connectivity index (χ3n) is 15.9. The molecule has 2 nitrogen and oxygen atoms in total. The Kier molecular flexibility index (Phi) is 7.97. The Morgan fingerprint density at radius 1 is 0.530 bits per heavy atom. The van der Waals surface area contributed by atoms with Crippen molar-refractivity contribution in [2.45, 2.75) is 90.9 Å².